The molecule has 0 radical (unpaired) electrons. The number of rotatable bonds is 3. The van der Waals surface area contributed by atoms with E-state index in [2.05, 4.69) is 10.1 Å². The molecule has 0 fully saturated rings. The molecule has 7 nitrogen and oxygen atoms in total. The lowest BCUT2D eigenvalue weighted by Crippen LogP contribution is -2.02. The summed E-state index contributed by atoms with van der Waals surface area (Å²) in [6, 6.07) is 1.98. The molecule has 0 saturated heterocycles. The molecule has 0 unspecified atom stereocenters. The number of methoxy groups -OCH3 is 1. The Labute approximate surface area is 94.6 Å². The Hall–Kier alpha value is -2.51. The lowest BCUT2D eigenvalue weighted by atomic mass is 10.2. The average Bonchev–Trinajstić information content (AvgIpc) is 2.82. The zero-order valence-corrected chi connectivity index (χ0v) is 8.70. The maximum Gasteiger partial charge on any atom is 0.298 e. The van der Waals surface area contributed by atoms with Crippen LogP contribution in [0, 0.1) is 15.9 Å². The van der Waals surface area contributed by atoms with Crippen molar-refractivity contribution in [3.8, 4) is 11.4 Å². The molecule has 0 aliphatic heterocycles. The molecule has 1 aromatic heterocycles. The van der Waals surface area contributed by atoms with Crippen molar-refractivity contribution in [3.05, 3.63) is 40.7 Å². The summed E-state index contributed by atoms with van der Waals surface area (Å²) in [4.78, 5) is 13.8. The van der Waals surface area contributed by atoms with Gasteiger partial charge in [0.1, 0.15) is 18.3 Å². The number of nitro groups is 1. The van der Waals surface area contributed by atoms with Gasteiger partial charge in [-0.2, -0.15) is 5.10 Å². The average molecular weight is 238 g/mol. The molecule has 0 atom stereocenters. The fourth-order valence-corrected chi connectivity index (χ4v) is 1.35. The fraction of sp³-hybridized carbons (Fsp3) is 0.111. The first-order chi connectivity index (χ1) is 8.13. The van der Waals surface area contributed by atoms with Crippen LogP contribution in [-0.2, 0) is 0 Å². The van der Waals surface area contributed by atoms with E-state index in [-0.39, 0.29) is 11.4 Å². The maximum atomic E-state index is 13.4. The smallest absolute Gasteiger partial charge is 0.298 e. The first-order valence-corrected chi connectivity index (χ1v) is 4.50. The van der Waals surface area contributed by atoms with E-state index in [1.165, 1.54) is 30.5 Å². The highest BCUT2D eigenvalue weighted by molar-refractivity contribution is 5.55. The Bertz CT molecular complexity index is 556. The van der Waals surface area contributed by atoms with E-state index in [0.717, 1.165) is 6.07 Å². The van der Waals surface area contributed by atoms with Gasteiger partial charge < -0.3 is 4.74 Å². The molecular formula is C9H7FN4O3. The van der Waals surface area contributed by atoms with Crippen molar-refractivity contribution in [2.24, 2.45) is 0 Å². The highest BCUT2D eigenvalue weighted by Gasteiger charge is 2.20. The molecule has 0 amide bonds. The first kappa shape index (κ1) is 11.0. The number of hydrogen-bond acceptors (Lipinski definition) is 5. The van der Waals surface area contributed by atoms with Gasteiger partial charge in [-0.3, -0.25) is 10.1 Å². The van der Waals surface area contributed by atoms with Crippen LogP contribution >= 0.6 is 0 Å². The zero-order chi connectivity index (χ0) is 12.4. The molecule has 0 spiro atoms. The first-order valence-electron chi connectivity index (χ1n) is 4.50. The largest absolute Gasteiger partial charge is 0.494 e. The van der Waals surface area contributed by atoms with Crippen molar-refractivity contribution in [2.75, 3.05) is 7.11 Å². The monoisotopic (exact) mass is 238 g/mol. The summed E-state index contributed by atoms with van der Waals surface area (Å²) in [5.41, 5.74) is -0.320. The second kappa shape index (κ2) is 4.16. The van der Waals surface area contributed by atoms with Crippen molar-refractivity contribution in [1.29, 1.82) is 0 Å². The van der Waals surface area contributed by atoms with Crippen LogP contribution in [-0.4, -0.2) is 26.8 Å². The summed E-state index contributed by atoms with van der Waals surface area (Å²) in [6.07, 6.45) is 2.50. The summed E-state index contributed by atoms with van der Waals surface area (Å²) in [5, 5.41) is 14.6. The summed E-state index contributed by atoms with van der Waals surface area (Å²) >= 11 is 0. The second-order valence-corrected chi connectivity index (χ2v) is 3.07. The Balaban J connectivity index is 2.67. The predicted octanol–water partition coefficient (Wildman–Crippen LogP) is 1.32. The summed E-state index contributed by atoms with van der Waals surface area (Å²) in [6.45, 7) is 0. The van der Waals surface area contributed by atoms with Crippen LogP contribution in [0.5, 0.6) is 5.75 Å². The van der Waals surface area contributed by atoms with Crippen LogP contribution in [0.2, 0.25) is 0 Å². The Morgan fingerprint density at radius 1 is 1.53 bits per heavy atom. The van der Waals surface area contributed by atoms with Crippen LogP contribution in [0.3, 0.4) is 0 Å². The van der Waals surface area contributed by atoms with Crippen LogP contribution in [0.25, 0.3) is 5.69 Å². The van der Waals surface area contributed by atoms with Crippen LogP contribution in [0.1, 0.15) is 0 Å². The molecule has 88 valence electrons. The topological polar surface area (TPSA) is 83.1 Å². The summed E-state index contributed by atoms with van der Waals surface area (Å²) in [7, 11) is 1.27. The lowest BCUT2D eigenvalue weighted by Gasteiger charge is -2.06. The number of nitro benzene ring substituents is 1. The molecule has 2 rings (SSSR count). The lowest BCUT2D eigenvalue weighted by molar-refractivity contribution is -0.384. The standard InChI is InChI=1S/C9H7FN4O3/c1-17-9-3-7(13-5-11-4-12-13)8(14(15)16)2-6(9)10/h2-5H,1H3. The zero-order valence-electron chi connectivity index (χ0n) is 8.70. The molecule has 0 aliphatic carbocycles. The van der Waals surface area contributed by atoms with Crippen molar-refractivity contribution in [2.45, 2.75) is 0 Å². The number of aromatic nitrogens is 3. The Morgan fingerprint density at radius 2 is 2.29 bits per heavy atom. The molecule has 17 heavy (non-hydrogen) atoms. The Kier molecular flexibility index (Phi) is 2.69. The van der Waals surface area contributed by atoms with Crippen LogP contribution in [0.4, 0.5) is 10.1 Å². The van der Waals surface area contributed by atoms with E-state index in [9.17, 15) is 14.5 Å². The van der Waals surface area contributed by atoms with Crippen molar-refractivity contribution >= 4 is 5.69 Å². The van der Waals surface area contributed by atoms with Gasteiger partial charge in [-0.25, -0.2) is 14.1 Å². The van der Waals surface area contributed by atoms with E-state index in [1.54, 1.807) is 0 Å². The van der Waals surface area contributed by atoms with Gasteiger partial charge >= 0.3 is 0 Å². The van der Waals surface area contributed by atoms with E-state index in [1.807, 2.05) is 0 Å². The van der Waals surface area contributed by atoms with Crippen molar-refractivity contribution in [3.63, 3.8) is 0 Å². The third kappa shape index (κ3) is 1.92. The van der Waals surface area contributed by atoms with Gasteiger partial charge in [0, 0.05) is 6.07 Å². The minimum atomic E-state index is -0.803. The molecular weight excluding hydrogens is 231 g/mol. The van der Waals surface area contributed by atoms with E-state index >= 15 is 0 Å². The molecule has 8 heteroatoms. The molecule has 0 aliphatic rings. The SMILES string of the molecule is COc1cc(-n2cncn2)c([N+](=O)[O-])cc1F. The second-order valence-electron chi connectivity index (χ2n) is 3.07. The maximum absolute atomic E-state index is 13.4. The number of hydrogen-bond donors (Lipinski definition) is 0. The van der Waals surface area contributed by atoms with Gasteiger partial charge in [-0.05, 0) is 0 Å². The quantitative estimate of drug-likeness (QED) is 0.594. The van der Waals surface area contributed by atoms with E-state index < -0.39 is 16.4 Å². The fourth-order valence-electron chi connectivity index (χ4n) is 1.35. The highest BCUT2D eigenvalue weighted by Crippen LogP contribution is 2.29. The van der Waals surface area contributed by atoms with Crippen LogP contribution in [0.15, 0.2) is 24.8 Å². The minimum Gasteiger partial charge on any atom is -0.494 e. The van der Waals surface area contributed by atoms with Crippen LogP contribution < -0.4 is 4.74 Å². The number of ether oxygens (including phenoxy) is 1. The van der Waals surface area contributed by atoms with Gasteiger partial charge in [0.15, 0.2) is 11.6 Å². The normalized spacial score (nSPS) is 10.2. The third-order valence-corrected chi connectivity index (χ3v) is 2.11. The van der Waals surface area contributed by atoms with Gasteiger partial charge in [0.25, 0.3) is 5.69 Å². The highest BCUT2D eigenvalue weighted by atomic mass is 19.1. The molecule has 0 saturated carbocycles. The number of benzene rings is 1. The Morgan fingerprint density at radius 3 is 2.82 bits per heavy atom. The summed E-state index contributed by atoms with van der Waals surface area (Å²) in [5.74, 6) is -0.899. The molecule has 0 bridgehead atoms. The molecule has 1 heterocycles. The van der Waals surface area contributed by atoms with Crippen molar-refractivity contribution < 1.29 is 14.1 Å². The van der Waals surface area contributed by atoms with E-state index in [4.69, 9.17) is 4.74 Å². The van der Waals surface area contributed by atoms with Gasteiger partial charge in [0.2, 0.25) is 0 Å². The summed E-state index contributed by atoms with van der Waals surface area (Å²) < 4.78 is 19.3. The van der Waals surface area contributed by atoms with E-state index in [0.29, 0.717) is 0 Å². The third-order valence-electron chi connectivity index (χ3n) is 2.11. The predicted molar refractivity (Wildman–Crippen MR) is 54.5 cm³/mol. The van der Waals surface area contributed by atoms with Gasteiger partial charge in [0.05, 0.1) is 18.1 Å². The van der Waals surface area contributed by atoms with Gasteiger partial charge in [-0.1, -0.05) is 0 Å². The minimum absolute atomic E-state index is 0.0887. The van der Waals surface area contributed by atoms with Gasteiger partial charge in [-0.15, -0.1) is 0 Å². The molecule has 0 N–H and O–H groups in total. The number of nitrogens with zero attached hydrogens (tertiary/aromatic N) is 4. The molecule has 2 aromatic rings. The molecule has 1 aromatic carbocycles. The number of halogens is 1. The van der Waals surface area contributed by atoms with Crippen molar-refractivity contribution in [1.82, 2.24) is 14.8 Å².